The van der Waals surface area contributed by atoms with Crippen molar-refractivity contribution in [1.82, 2.24) is 16.1 Å². The highest BCUT2D eigenvalue weighted by atomic mass is 35.5. The van der Waals surface area contributed by atoms with Crippen molar-refractivity contribution in [3.63, 3.8) is 0 Å². The summed E-state index contributed by atoms with van der Waals surface area (Å²) in [5.74, 6) is -0.214. The third kappa shape index (κ3) is 4.83. The molecule has 2 amide bonds. The van der Waals surface area contributed by atoms with E-state index >= 15 is 0 Å². The molecule has 34 heavy (non-hydrogen) atoms. The van der Waals surface area contributed by atoms with Crippen LogP contribution < -0.4 is 16.1 Å². The van der Waals surface area contributed by atoms with Crippen molar-refractivity contribution in [3.8, 4) is 0 Å². The molecule has 5 aliphatic carbocycles. The average molecular weight is 502 g/mol. The first-order chi connectivity index (χ1) is 16.3. The summed E-state index contributed by atoms with van der Waals surface area (Å²) in [7, 11) is 0. The molecule has 0 aromatic heterocycles. The number of rotatable bonds is 6. The molecule has 1 heterocycles. The summed E-state index contributed by atoms with van der Waals surface area (Å²) in [5.41, 5.74) is 1.86. The van der Waals surface area contributed by atoms with Crippen LogP contribution in [0.15, 0.2) is 0 Å². The Bertz CT molecular complexity index is 780. The fourth-order valence-corrected chi connectivity index (χ4v) is 7.09. The highest BCUT2D eigenvalue weighted by Gasteiger charge is 2.56. The summed E-state index contributed by atoms with van der Waals surface area (Å²) in [6, 6.07) is 0.232. The Labute approximate surface area is 205 Å². The molecule has 192 valence electrons. The number of carbonyl (C=O) groups is 2. The summed E-state index contributed by atoms with van der Waals surface area (Å²) >= 11 is 5.92. The lowest BCUT2D eigenvalue weighted by Gasteiger charge is -2.56. The van der Waals surface area contributed by atoms with E-state index in [0.717, 1.165) is 25.7 Å². The lowest BCUT2D eigenvalue weighted by Crippen LogP contribution is -2.71. The van der Waals surface area contributed by atoms with Crippen molar-refractivity contribution in [3.05, 3.63) is 0 Å². The second kappa shape index (κ2) is 9.81. The SMILES string of the molecule is O=C(COC1CCC(Cl)C(F)C1)NC12CCC(NC(=O)C3ONC4CCCCC43)(CC1)C(O)C2. The van der Waals surface area contributed by atoms with Gasteiger partial charge in [0.15, 0.2) is 6.10 Å². The van der Waals surface area contributed by atoms with Crippen LogP contribution in [0.2, 0.25) is 0 Å². The van der Waals surface area contributed by atoms with Crippen LogP contribution in [-0.4, -0.2) is 70.5 Å². The smallest absolute Gasteiger partial charge is 0.252 e. The first-order valence-electron chi connectivity index (χ1n) is 12.9. The highest BCUT2D eigenvalue weighted by Crippen LogP contribution is 2.47. The molecule has 5 saturated carbocycles. The molecule has 0 aromatic carbocycles. The number of hydroxylamine groups is 1. The third-order valence-corrected chi connectivity index (χ3v) is 9.50. The lowest BCUT2D eigenvalue weighted by atomic mass is 9.59. The van der Waals surface area contributed by atoms with Crippen LogP contribution in [-0.2, 0) is 19.2 Å². The van der Waals surface area contributed by atoms with Crippen molar-refractivity contribution in [1.29, 1.82) is 0 Å². The van der Waals surface area contributed by atoms with E-state index in [9.17, 15) is 19.1 Å². The number of ether oxygens (including phenoxy) is 1. The van der Waals surface area contributed by atoms with E-state index in [-0.39, 0.29) is 42.9 Å². The molecule has 7 unspecified atom stereocenters. The zero-order chi connectivity index (χ0) is 23.9. The predicted molar refractivity (Wildman–Crippen MR) is 123 cm³/mol. The average Bonchev–Trinajstić information content (AvgIpc) is 3.25. The molecule has 6 fully saturated rings. The monoisotopic (exact) mass is 501 g/mol. The highest BCUT2D eigenvalue weighted by molar-refractivity contribution is 6.21. The molecule has 1 aliphatic heterocycles. The molecular weight excluding hydrogens is 465 g/mol. The minimum absolute atomic E-state index is 0.126. The van der Waals surface area contributed by atoms with Crippen molar-refractivity contribution in [2.24, 2.45) is 5.92 Å². The van der Waals surface area contributed by atoms with Crippen LogP contribution in [0.5, 0.6) is 0 Å². The van der Waals surface area contributed by atoms with Crippen molar-refractivity contribution in [2.45, 2.75) is 124 Å². The van der Waals surface area contributed by atoms with Crippen LogP contribution in [0.25, 0.3) is 0 Å². The van der Waals surface area contributed by atoms with Gasteiger partial charge in [-0.25, -0.2) is 4.39 Å². The van der Waals surface area contributed by atoms with Crippen LogP contribution in [0.1, 0.15) is 77.0 Å². The van der Waals surface area contributed by atoms with Crippen molar-refractivity contribution in [2.75, 3.05) is 6.61 Å². The summed E-state index contributed by atoms with van der Waals surface area (Å²) in [6.45, 7) is -0.126. The fraction of sp³-hybridized carbons (Fsp3) is 0.917. The van der Waals surface area contributed by atoms with Gasteiger partial charge in [-0.2, -0.15) is 5.48 Å². The molecule has 2 bridgehead atoms. The summed E-state index contributed by atoms with van der Waals surface area (Å²) in [5, 5.41) is 16.8. The number of hydrogen-bond donors (Lipinski definition) is 4. The van der Waals surface area contributed by atoms with Gasteiger partial charge in [0, 0.05) is 23.9 Å². The number of amides is 2. The maximum Gasteiger partial charge on any atom is 0.252 e. The maximum atomic E-state index is 13.8. The van der Waals surface area contributed by atoms with Gasteiger partial charge in [0.05, 0.1) is 23.1 Å². The normalized spacial score (nSPS) is 46.0. The summed E-state index contributed by atoms with van der Waals surface area (Å²) in [6.07, 6.45) is 5.93. The Hall–Kier alpha value is -1.00. The number of alkyl halides is 2. The van der Waals surface area contributed by atoms with Crippen LogP contribution in [0.4, 0.5) is 4.39 Å². The molecule has 6 aliphatic rings. The van der Waals surface area contributed by atoms with E-state index in [1.54, 1.807) is 0 Å². The quantitative estimate of drug-likeness (QED) is 0.415. The largest absolute Gasteiger partial charge is 0.391 e. The van der Waals surface area contributed by atoms with Crippen LogP contribution in [0, 0.1) is 5.92 Å². The molecule has 0 spiro atoms. The molecule has 0 aromatic rings. The zero-order valence-electron chi connectivity index (χ0n) is 19.6. The summed E-state index contributed by atoms with van der Waals surface area (Å²) < 4.78 is 19.5. The molecule has 6 rings (SSSR count). The first-order valence-corrected chi connectivity index (χ1v) is 13.3. The topological polar surface area (TPSA) is 109 Å². The second-order valence-electron chi connectivity index (χ2n) is 11.2. The van der Waals surface area contributed by atoms with Crippen molar-refractivity contribution < 1.29 is 28.7 Å². The number of aliphatic hydroxyl groups excluding tert-OH is 1. The fourth-order valence-electron chi connectivity index (χ4n) is 6.86. The van der Waals surface area contributed by atoms with Gasteiger partial charge in [-0.05, 0) is 57.8 Å². The number of aliphatic hydroxyl groups is 1. The van der Waals surface area contributed by atoms with Crippen molar-refractivity contribution >= 4 is 23.4 Å². The molecule has 4 N–H and O–H groups in total. The van der Waals surface area contributed by atoms with Gasteiger partial charge in [-0.15, -0.1) is 11.6 Å². The number of hydrogen-bond acceptors (Lipinski definition) is 6. The van der Waals surface area contributed by atoms with Gasteiger partial charge in [0.2, 0.25) is 5.91 Å². The predicted octanol–water partition coefficient (Wildman–Crippen LogP) is 2.01. The van der Waals surface area contributed by atoms with Gasteiger partial charge >= 0.3 is 0 Å². The van der Waals surface area contributed by atoms with Gasteiger partial charge in [0.1, 0.15) is 12.8 Å². The third-order valence-electron chi connectivity index (χ3n) is 9.01. The molecule has 7 atom stereocenters. The Morgan fingerprint density at radius 3 is 2.62 bits per heavy atom. The van der Waals surface area contributed by atoms with E-state index < -0.39 is 34.8 Å². The van der Waals surface area contributed by atoms with Crippen LogP contribution in [0.3, 0.4) is 0 Å². The molecule has 1 saturated heterocycles. The Balaban J connectivity index is 1.12. The van der Waals surface area contributed by atoms with Gasteiger partial charge in [0.25, 0.3) is 5.91 Å². The Morgan fingerprint density at radius 2 is 1.88 bits per heavy atom. The van der Waals surface area contributed by atoms with E-state index in [1.165, 1.54) is 0 Å². The van der Waals surface area contributed by atoms with E-state index in [2.05, 4.69) is 16.1 Å². The Morgan fingerprint density at radius 1 is 1.12 bits per heavy atom. The Kier molecular flexibility index (Phi) is 7.12. The van der Waals surface area contributed by atoms with E-state index in [4.69, 9.17) is 21.2 Å². The molecule has 8 nitrogen and oxygen atoms in total. The minimum atomic E-state index is -1.10. The standard InChI is InChI=1S/C24H37ClFN3O5/c25-16-6-5-14(11-17(16)26)33-13-20(31)27-23-7-9-24(10-8-23,19(30)12-23)28-22(32)21-15-3-1-2-4-18(15)29-34-21/h14-19,21,29-30H,1-13H2,(H,27,31)(H,28,32). The van der Waals surface area contributed by atoms with E-state index in [0.29, 0.717) is 44.9 Å². The van der Waals surface area contributed by atoms with E-state index in [1.807, 2.05) is 0 Å². The summed E-state index contributed by atoms with van der Waals surface area (Å²) in [4.78, 5) is 31.4. The van der Waals surface area contributed by atoms with Gasteiger partial charge in [-0.3, -0.25) is 14.4 Å². The number of halogens is 2. The molecule has 10 heteroatoms. The second-order valence-corrected chi connectivity index (χ2v) is 11.7. The number of fused-ring (bicyclic) bond motifs is 4. The first kappa shape index (κ1) is 24.7. The number of nitrogens with one attached hydrogen (secondary N) is 3. The molecule has 0 radical (unpaired) electrons. The minimum Gasteiger partial charge on any atom is -0.391 e. The lowest BCUT2D eigenvalue weighted by molar-refractivity contribution is -0.146. The van der Waals surface area contributed by atoms with Gasteiger partial charge in [-0.1, -0.05) is 12.8 Å². The van der Waals surface area contributed by atoms with Gasteiger partial charge < -0.3 is 20.5 Å². The zero-order valence-corrected chi connectivity index (χ0v) is 20.3. The maximum absolute atomic E-state index is 13.8. The van der Waals surface area contributed by atoms with Crippen LogP contribution >= 0.6 is 11.6 Å². The number of carbonyl (C=O) groups excluding carboxylic acids is 2. The molecular formula is C24H37ClFN3O5.